The van der Waals surface area contributed by atoms with Crippen LogP contribution in [-0.2, 0) is 14.3 Å². The molecule has 5 heteroatoms. The van der Waals surface area contributed by atoms with Crippen molar-refractivity contribution >= 4 is 11.9 Å². The van der Waals surface area contributed by atoms with Crippen molar-refractivity contribution in [3.05, 3.63) is 12.2 Å². The molecule has 1 saturated carbocycles. The van der Waals surface area contributed by atoms with Crippen LogP contribution in [0.5, 0.6) is 0 Å². The van der Waals surface area contributed by atoms with Crippen LogP contribution in [0.25, 0.3) is 0 Å². The summed E-state index contributed by atoms with van der Waals surface area (Å²) in [7, 11) is 0. The molecule has 1 amide bonds. The molecule has 2 bridgehead atoms. The van der Waals surface area contributed by atoms with E-state index in [2.05, 4.69) is 5.32 Å². The standard InChI is InChI=1S/C14H19NO4/c16-13(15-8-4-2-1-3-5-8)11-9-6-7-10(19-9)12(11)14(17)18/h6-12H,1-5H2,(H,15,16)(H,17,18)/t9-,10+,11-,12+/m1/s1. The fourth-order valence-corrected chi connectivity index (χ4v) is 3.46. The number of amides is 1. The van der Waals surface area contributed by atoms with Gasteiger partial charge in [0.25, 0.3) is 0 Å². The second-order valence-corrected chi connectivity index (χ2v) is 5.68. The van der Waals surface area contributed by atoms with E-state index in [0.717, 1.165) is 25.7 Å². The number of hydrogen-bond acceptors (Lipinski definition) is 3. The molecule has 4 atom stereocenters. The molecule has 2 heterocycles. The summed E-state index contributed by atoms with van der Waals surface area (Å²) < 4.78 is 5.52. The molecule has 104 valence electrons. The zero-order valence-electron chi connectivity index (χ0n) is 10.7. The molecule has 2 fully saturated rings. The monoisotopic (exact) mass is 265 g/mol. The Labute approximate surface area is 112 Å². The molecule has 19 heavy (non-hydrogen) atoms. The minimum Gasteiger partial charge on any atom is -0.481 e. The first-order valence-electron chi connectivity index (χ1n) is 7.04. The van der Waals surface area contributed by atoms with E-state index < -0.39 is 23.9 Å². The van der Waals surface area contributed by atoms with Crippen LogP contribution < -0.4 is 5.32 Å². The zero-order chi connectivity index (χ0) is 13.4. The van der Waals surface area contributed by atoms with Gasteiger partial charge in [0.1, 0.15) is 5.92 Å². The van der Waals surface area contributed by atoms with Gasteiger partial charge in [-0.2, -0.15) is 0 Å². The molecule has 0 aromatic rings. The number of nitrogens with one attached hydrogen (secondary N) is 1. The number of hydrogen-bond donors (Lipinski definition) is 2. The number of ether oxygens (including phenoxy) is 1. The third kappa shape index (κ3) is 2.27. The van der Waals surface area contributed by atoms with Gasteiger partial charge in [-0.15, -0.1) is 0 Å². The third-order valence-electron chi connectivity index (χ3n) is 4.44. The smallest absolute Gasteiger partial charge is 0.310 e. The van der Waals surface area contributed by atoms with E-state index in [9.17, 15) is 14.7 Å². The van der Waals surface area contributed by atoms with E-state index in [4.69, 9.17) is 4.74 Å². The minimum absolute atomic E-state index is 0.156. The number of fused-ring (bicyclic) bond motifs is 2. The Bertz CT molecular complexity index is 414. The topological polar surface area (TPSA) is 75.6 Å². The Morgan fingerprint density at radius 3 is 2.32 bits per heavy atom. The highest BCUT2D eigenvalue weighted by atomic mass is 16.5. The van der Waals surface area contributed by atoms with Gasteiger partial charge in [0.05, 0.1) is 18.1 Å². The van der Waals surface area contributed by atoms with Gasteiger partial charge in [0.2, 0.25) is 5.91 Å². The first-order chi connectivity index (χ1) is 9.16. The van der Waals surface area contributed by atoms with Crippen molar-refractivity contribution in [1.82, 2.24) is 5.32 Å². The molecule has 1 aliphatic carbocycles. The summed E-state index contributed by atoms with van der Waals surface area (Å²) in [6.07, 6.45) is 8.27. The highest BCUT2D eigenvalue weighted by Crippen LogP contribution is 2.39. The Morgan fingerprint density at radius 1 is 1.05 bits per heavy atom. The van der Waals surface area contributed by atoms with Gasteiger partial charge in [-0.25, -0.2) is 0 Å². The largest absolute Gasteiger partial charge is 0.481 e. The molecule has 5 nitrogen and oxygen atoms in total. The molecule has 3 aliphatic rings. The Morgan fingerprint density at radius 2 is 1.68 bits per heavy atom. The van der Waals surface area contributed by atoms with E-state index in [0.29, 0.717) is 0 Å². The normalized spacial score (nSPS) is 37.5. The SMILES string of the molecule is O=C(O)[C@@H]1[C@H](C(=O)NC2CCCCC2)[C@H]2C=C[C@@H]1O2. The lowest BCUT2D eigenvalue weighted by atomic mass is 9.82. The molecule has 2 aliphatic heterocycles. The van der Waals surface area contributed by atoms with Gasteiger partial charge in [0.15, 0.2) is 0 Å². The second kappa shape index (κ2) is 4.96. The van der Waals surface area contributed by atoms with Gasteiger partial charge < -0.3 is 15.2 Å². The van der Waals surface area contributed by atoms with Gasteiger partial charge in [-0.1, -0.05) is 31.4 Å². The fourth-order valence-electron chi connectivity index (χ4n) is 3.46. The van der Waals surface area contributed by atoms with E-state index >= 15 is 0 Å². The molecule has 3 rings (SSSR count). The third-order valence-corrected chi connectivity index (χ3v) is 4.44. The molecule has 0 radical (unpaired) electrons. The summed E-state index contributed by atoms with van der Waals surface area (Å²) >= 11 is 0. The molecule has 0 aromatic carbocycles. The molecule has 0 spiro atoms. The number of carboxylic acids is 1. The van der Waals surface area contributed by atoms with Gasteiger partial charge in [-0.05, 0) is 12.8 Å². The van der Waals surface area contributed by atoms with Crippen LogP contribution in [0.15, 0.2) is 12.2 Å². The number of carboxylic acid groups (broad SMARTS) is 1. The van der Waals surface area contributed by atoms with E-state index in [1.165, 1.54) is 6.42 Å². The van der Waals surface area contributed by atoms with Gasteiger partial charge >= 0.3 is 5.97 Å². The van der Waals surface area contributed by atoms with Crippen LogP contribution in [-0.4, -0.2) is 35.2 Å². The Hall–Kier alpha value is -1.36. The summed E-state index contributed by atoms with van der Waals surface area (Å²) in [6.45, 7) is 0. The average Bonchev–Trinajstić information content (AvgIpc) is 2.99. The number of carbonyl (C=O) groups is 2. The number of carbonyl (C=O) groups excluding carboxylic acids is 1. The first kappa shape index (κ1) is 12.7. The van der Waals surface area contributed by atoms with Gasteiger partial charge in [0, 0.05) is 6.04 Å². The molecule has 0 aromatic heterocycles. The molecule has 1 saturated heterocycles. The van der Waals surface area contributed by atoms with Crippen LogP contribution in [0.4, 0.5) is 0 Å². The summed E-state index contributed by atoms with van der Waals surface area (Å²) in [5.74, 6) is -2.41. The highest BCUT2D eigenvalue weighted by Gasteiger charge is 2.53. The van der Waals surface area contributed by atoms with Crippen molar-refractivity contribution in [2.24, 2.45) is 11.8 Å². The Balaban J connectivity index is 1.68. The van der Waals surface area contributed by atoms with Crippen LogP contribution in [0, 0.1) is 11.8 Å². The lowest BCUT2D eigenvalue weighted by Crippen LogP contribution is -2.46. The average molecular weight is 265 g/mol. The molecule has 2 N–H and O–H groups in total. The number of rotatable bonds is 3. The van der Waals surface area contributed by atoms with Crippen molar-refractivity contribution < 1.29 is 19.4 Å². The van der Waals surface area contributed by atoms with Crippen LogP contribution >= 0.6 is 0 Å². The van der Waals surface area contributed by atoms with Crippen LogP contribution in [0.3, 0.4) is 0 Å². The maximum absolute atomic E-state index is 12.3. The lowest BCUT2D eigenvalue weighted by molar-refractivity contribution is -0.146. The van der Waals surface area contributed by atoms with E-state index in [1.54, 1.807) is 6.08 Å². The maximum atomic E-state index is 12.3. The van der Waals surface area contributed by atoms with Crippen molar-refractivity contribution in [3.8, 4) is 0 Å². The summed E-state index contributed by atoms with van der Waals surface area (Å²) in [5.41, 5.74) is 0. The molecular formula is C14H19NO4. The van der Waals surface area contributed by atoms with Crippen molar-refractivity contribution in [2.45, 2.75) is 50.4 Å². The van der Waals surface area contributed by atoms with Crippen molar-refractivity contribution in [1.29, 1.82) is 0 Å². The predicted molar refractivity (Wildman–Crippen MR) is 67.4 cm³/mol. The molecule has 0 unspecified atom stereocenters. The van der Waals surface area contributed by atoms with E-state index in [1.807, 2.05) is 6.08 Å². The first-order valence-corrected chi connectivity index (χ1v) is 7.04. The van der Waals surface area contributed by atoms with E-state index in [-0.39, 0.29) is 18.1 Å². The second-order valence-electron chi connectivity index (χ2n) is 5.68. The molecular weight excluding hydrogens is 246 g/mol. The van der Waals surface area contributed by atoms with Crippen LogP contribution in [0.2, 0.25) is 0 Å². The maximum Gasteiger partial charge on any atom is 0.310 e. The zero-order valence-corrected chi connectivity index (χ0v) is 10.7. The highest BCUT2D eigenvalue weighted by molar-refractivity contribution is 5.87. The van der Waals surface area contributed by atoms with Crippen molar-refractivity contribution in [2.75, 3.05) is 0 Å². The fraction of sp³-hybridized carbons (Fsp3) is 0.714. The lowest BCUT2D eigenvalue weighted by Gasteiger charge is -2.27. The van der Waals surface area contributed by atoms with Crippen molar-refractivity contribution in [3.63, 3.8) is 0 Å². The summed E-state index contributed by atoms with van der Waals surface area (Å²) in [4.78, 5) is 23.6. The Kier molecular flexibility index (Phi) is 3.31. The predicted octanol–water partition coefficient (Wildman–Crippen LogP) is 1.09. The van der Waals surface area contributed by atoms with Gasteiger partial charge in [-0.3, -0.25) is 9.59 Å². The summed E-state index contributed by atoms with van der Waals surface area (Å²) in [6, 6.07) is 0.207. The summed E-state index contributed by atoms with van der Waals surface area (Å²) in [5, 5.41) is 12.3. The van der Waals surface area contributed by atoms with Crippen LogP contribution in [0.1, 0.15) is 32.1 Å². The number of aliphatic carboxylic acids is 1. The minimum atomic E-state index is -0.944. The quantitative estimate of drug-likeness (QED) is 0.749.